The number of fused-ring (bicyclic) bond motifs is 13. The lowest BCUT2D eigenvalue weighted by atomic mass is 9.54. The van der Waals surface area contributed by atoms with E-state index < -0.39 is 153 Å². The molecule has 512 valence electrons. The van der Waals surface area contributed by atoms with E-state index in [2.05, 4.69) is 42.5 Å². The van der Waals surface area contributed by atoms with Gasteiger partial charge in [-0.3, -0.25) is 33.6 Å². The molecule has 18 N–H and O–H groups in total. The molecule has 6 aliphatic heterocycles. The fourth-order valence-electron chi connectivity index (χ4n) is 15.2. The van der Waals surface area contributed by atoms with Gasteiger partial charge in [-0.15, -0.1) is 0 Å². The molecule has 6 heterocycles. The fourth-order valence-corrected chi connectivity index (χ4v) is 15.7. The van der Waals surface area contributed by atoms with Gasteiger partial charge < -0.3 is 103 Å². The Kier molecular flexibility index (Phi) is 17.1. The molecule has 9 atom stereocenters. The number of hydrogen-bond acceptors (Lipinski definition) is 20. The van der Waals surface area contributed by atoms with Crippen LogP contribution in [0.5, 0.6) is 69.0 Å². The van der Waals surface area contributed by atoms with Crippen LogP contribution >= 0.6 is 23.2 Å². The Hall–Kier alpha value is -10.6. The summed E-state index contributed by atoms with van der Waals surface area (Å²) in [6.07, 6.45) is 1.05. The van der Waals surface area contributed by atoms with Crippen LogP contribution in [-0.4, -0.2) is 107 Å². The van der Waals surface area contributed by atoms with Crippen molar-refractivity contribution in [1.29, 1.82) is 0 Å². The lowest BCUT2D eigenvalue weighted by Crippen LogP contribution is -2.55. The second kappa shape index (κ2) is 25.7. The minimum Gasteiger partial charge on any atom is -0.508 e. The van der Waals surface area contributed by atoms with E-state index in [4.69, 9.17) is 43.1 Å². The number of ether oxygens (including phenoxy) is 3. The monoisotopic (exact) mass is 1390 g/mol. The molecule has 29 heteroatoms. The summed E-state index contributed by atoms with van der Waals surface area (Å²) in [7, 11) is 1.24. The largest absolute Gasteiger partial charge is 0.508 e. The Morgan fingerprint density at radius 3 is 1.66 bits per heavy atom. The molecular weight excluding hydrogens is 1330 g/mol. The van der Waals surface area contributed by atoms with Crippen molar-refractivity contribution in [2.45, 2.75) is 99.2 Å². The molecule has 7 aromatic rings. The molecule has 4 saturated carbocycles. The third kappa shape index (κ3) is 12.1. The van der Waals surface area contributed by atoms with Gasteiger partial charge in [0.05, 0.1) is 15.6 Å². The first kappa shape index (κ1) is 65.7. The number of hydrogen-bond donors (Lipinski definition) is 17. The predicted octanol–water partition coefficient (Wildman–Crippen LogP) is 6.05. The summed E-state index contributed by atoms with van der Waals surface area (Å²) in [5.41, 5.74) is 3.85. The molecule has 0 spiro atoms. The number of aliphatic hydroxyl groups is 2. The molecule has 99 heavy (non-hydrogen) atoms. The third-order valence-electron chi connectivity index (χ3n) is 19.9. The quantitative estimate of drug-likeness (QED) is 0.0953. The van der Waals surface area contributed by atoms with E-state index in [1.807, 2.05) is 0 Å². The number of nitrogens with one attached hydrogen (secondary N) is 8. The first-order valence-corrected chi connectivity index (χ1v) is 32.6. The van der Waals surface area contributed by atoms with Crippen LogP contribution in [0.1, 0.15) is 119 Å². The summed E-state index contributed by atoms with van der Waals surface area (Å²) >= 11 is 13.8. The number of phenolic OH excluding ortho intramolecular Hbond substituents is 6. The number of phenols is 6. The maximum absolute atomic E-state index is 16.3. The van der Waals surface area contributed by atoms with Crippen LogP contribution in [0, 0.1) is 23.7 Å². The second-order valence-electron chi connectivity index (χ2n) is 26.0. The summed E-state index contributed by atoms with van der Waals surface area (Å²) in [5.74, 6) is -12.8. The van der Waals surface area contributed by atoms with Gasteiger partial charge in [0.2, 0.25) is 47.1 Å². The number of amides is 7. The zero-order chi connectivity index (χ0) is 69.7. The minimum atomic E-state index is -2.26. The van der Waals surface area contributed by atoms with Crippen LogP contribution in [0.3, 0.4) is 0 Å². The van der Waals surface area contributed by atoms with Gasteiger partial charge >= 0.3 is 0 Å². The third-order valence-corrected chi connectivity index (χ3v) is 20.5. The van der Waals surface area contributed by atoms with Crippen LogP contribution in [0.15, 0.2) is 109 Å². The molecule has 17 rings (SSSR count). The van der Waals surface area contributed by atoms with Crippen molar-refractivity contribution in [1.82, 2.24) is 42.5 Å². The smallest absolute Gasteiger partial charge is 0.248 e. The van der Waals surface area contributed by atoms with Crippen LogP contribution in [0.2, 0.25) is 10.0 Å². The Bertz CT molecular complexity index is 4550. The average molecular weight is 1390 g/mol. The molecule has 0 aromatic heterocycles. The number of rotatable bonds is 4. The zero-order valence-electron chi connectivity index (χ0n) is 52.2. The molecule has 27 nitrogen and oxygen atoms in total. The van der Waals surface area contributed by atoms with Crippen molar-refractivity contribution >= 4 is 64.6 Å². The van der Waals surface area contributed by atoms with Crippen LogP contribution in [0.4, 0.5) is 0 Å². The molecule has 7 amide bonds. The number of carbonyl (C=O) groups excluding carboxylic acids is 7. The van der Waals surface area contributed by atoms with E-state index in [0.29, 0.717) is 23.7 Å². The molecule has 19 bridgehead atoms. The average Bonchev–Trinajstić information content (AvgIpc) is 1.60. The van der Waals surface area contributed by atoms with Gasteiger partial charge in [0.15, 0.2) is 23.0 Å². The van der Waals surface area contributed by atoms with Crippen molar-refractivity contribution in [3.8, 4) is 80.1 Å². The summed E-state index contributed by atoms with van der Waals surface area (Å²) in [5, 5.41) is 118. The second-order valence-corrected chi connectivity index (χ2v) is 26.8. The van der Waals surface area contributed by atoms with E-state index >= 15 is 24.0 Å². The van der Waals surface area contributed by atoms with Gasteiger partial charge in [0, 0.05) is 36.8 Å². The number of carbonyl (C=O) groups is 7. The summed E-state index contributed by atoms with van der Waals surface area (Å²) in [4.78, 5) is 107. The van der Waals surface area contributed by atoms with E-state index in [-0.39, 0.29) is 90.1 Å². The zero-order valence-corrected chi connectivity index (χ0v) is 53.7. The summed E-state index contributed by atoms with van der Waals surface area (Å²) in [6.45, 7) is -0.156. The fraction of sp³-hybridized carbons (Fsp3) is 0.300. The molecule has 10 aliphatic rings. The predicted molar refractivity (Wildman–Crippen MR) is 350 cm³/mol. The highest BCUT2D eigenvalue weighted by atomic mass is 35.5. The first-order valence-electron chi connectivity index (χ1n) is 31.8. The Balaban J connectivity index is 0.974. The van der Waals surface area contributed by atoms with Crippen LogP contribution < -0.4 is 62.5 Å². The maximum atomic E-state index is 16.3. The maximum Gasteiger partial charge on any atom is 0.248 e. The number of likely N-dealkylation sites (N-methyl/N-ethyl adjacent to an activating group) is 1. The number of aliphatic hydroxyl groups excluding tert-OH is 2. The van der Waals surface area contributed by atoms with Crippen molar-refractivity contribution in [3.63, 3.8) is 0 Å². The molecule has 9 unspecified atom stereocenters. The Morgan fingerprint density at radius 1 is 0.505 bits per heavy atom. The molecule has 7 aromatic carbocycles. The van der Waals surface area contributed by atoms with E-state index in [0.717, 1.165) is 68.1 Å². The number of benzene rings is 7. The minimum absolute atomic E-state index is 0.00446. The van der Waals surface area contributed by atoms with Gasteiger partial charge in [-0.05, 0) is 168 Å². The van der Waals surface area contributed by atoms with Crippen LogP contribution in [0.25, 0.3) is 11.1 Å². The van der Waals surface area contributed by atoms with Gasteiger partial charge in [0.25, 0.3) is 0 Å². The van der Waals surface area contributed by atoms with Crippen molar-refractivity contribution in [2.24, 2.45) is 29.4 Å². The summed E-state index contributed by atoms with van der Waals surface area (Å²) in [6, 6.07) is 6.74. The molecule has 4 aliphatic carbocycles. The highest BCUT2D eigenvalue weighted by Crippen LogP contribution is 2.55. The highest BCUT2D eigenvalue weighted by Gasteiger charge is 2.49. The lowest BCUT2D eigenvalue weighted by Gasteiger charge is -2.54. The summed E-state index contributed by atoms with van der Waals surface area (Å²) < 4.78 is 18.6. The SMILES string of the molecule is CNC(=O)C1NC(=O)C2NC(=O)C(NC(=O)C3NC(=O)C4NC(=O)C(NC(=O)C(N)c5ccc(O)c(c5)Oc5cc(O)cc4c5)C(O)c4ccc(c(Cl)c4)Oc4cc3cc(c4O)Oc3ccc(cc3Cl)C2O)c2cccc(O)c2-c2c1cc(O)c(CNC1C3CC4CC(C3)CC1C4)c2O. The van der Waals surface area contributed by atoms with Gasteiger partial charge in [-0.1, -0.05) is 53.5 Å². The van der Waals surface area contributed by atoms with E-state index in [1.54, 1.807) is 0 Å². The van der Waals surface area contributed by atoms with Crippen molar-refractivity contribution in [2.75, 3.05) is 7.05 Å². The van der Waals surface area contributed by atoms with Crippen molar-refractivity contribution in [3.05, 3.63) is 164 Å². The first-order chi connectivity index (χ1) is 47.4. The van der Waals surface area contributed by atoms with Gasteiger partial charge in [-0.2, -0.15) is 0 Å². The molecule has 0 saturated heterocycles. The van der Waals surface area contributed by atoms with E-state index in [1.165, 1.54) is 80.2 Å². The van der Waals surface area contributed by atoms with Gasteiger partial charge in [0.1, 0.15) is 94.7 Å². The standard InChI is InChI=1S/C70H65Cl2N9O18/c1-74-65(91)57-38-24-44(85)39(25-75-53-31-12-26-11-27(14-31)15-32(53)13-26)62(88)51(38)50-37(3-2-4-43(50)84)56-68(94)81-59(70(96)79-57)61(87)30-7-10-46(41(72)19-30)99-49-22-34-21-48(63(49)89)98-45-9-6-29(18-40(45)71)60(86)58-69(95)77-54(66(92)76-55(34)67(93)78-56)33-16-35(82)23-36(17-33)97-47-20-28(5-8-42(47)83)52(73)64(90)80-58/h2-10,16-24,26-27,31-32,52-61,75,82-89H,11-15,25,73H2,1H3,(H,74,91)(H,76,92)(H,77,95)(H,78,93)(H,79,96)(H,80,90)(H,81,94). The number of nitrogens with two attached hydrogens (primary N) is 1. The number of halogens is 2. The van der Waals surface area contributed by atoms with Crippen LogP contribution in [-0.2, 0) is 40.1 Å². The molecular formula is C70H65Cl2N9O18. The number of aromatic hydroxyl groups is 6. The highest BCUT2D eigenvalue weighted by molar-refractivity contribution is 6.32. The van der Waals surface area contributed by atoms with E-state index in [9.17, 15) is 50.4 Å². The topological polar surface area (TPSA) is 431 Å². The van der Waals surface area contributed by atoms with Gasteiger partial charge in [-0.25, -0.2) is 0 Å². The molecule has 0 radical (unpaired) electrons. The lowest BCUT2D eigenvalue weighted by molar-refractivity contribution is -0.137. The normalized spacial score (nSPS) is 26.9. The molecule has 4 fully saturated rings. The Labute approximate surface area is 572 Å². The van der Waals surface area contributed by atoms with Crippen molar-refractivity contribution < 1.29 is 88.6 Å². The Morgan fingerprint density at radius 2 is 1.05 bits per heavy atom.